The molecule has 3 amide bonds. The summed E-state index contributed by atoms with van der Waals surface area (Å²) in [5.41, 5.74) is -0.754. The summed E-state index contributed by atoms with van der Waals surface area (Å²) in [6, 6.07) is 3.16. The Labute approximate surface area is 157 Å². The smallest absolute Gasteiger partial charge is 0.317 e. The fourth-order valence-corrected chi connectivity index (χ4v) is 4.84. The molecule has 2 aliphatic heterocycles. The maximum absolute atomic E-state index is 12.6. The van der Waals surface area contributed by atoms with Crippen LogP contribution in [0, 0.1) is 11.3 Å². The molecule has 1 aromatic rings. The largest absolute Gasteiger partial charge is 0.481 e. The van der Waals surface area contributed by atoms with Crippen molar-refractivity contribution < 1.29 is 23.9 Å². The van der Waals surface area contributed by atoms with Crippen molar-refractivity contribution in [3.05, 3.63) is 24.2 Å². The molecular weight excluding hydrogens is 350 g/mol. The minimum absolute atomic E-state index is 0.000584. The van der Waals surface area contributed by atoms with Gasteiger partial charge in [-0.3, -0.25) is 9.59 Å². The number of likely N-dealkylation sites (tertiary alicyclic amines) is 2. The third-order valence-electron chi connectivity index (χ3n) is 6.43. The molecule has 1 aromatic heterocycles. The number of carbonyl (C=O) groups excluding carboxylic acids is 2. The van der Waals surface area contributed by atoms with E-state index < -0.39 is 11.4 Å². The molecule has 2 saturated heterocycles. The first-order valence-corrected chi connectivity index (χ1v) is 9.61. The lowest BCUT2D eigenvalue weighted by molar-refractivity contribution is -0.149. The molecule has 27 heavy (non-hydrogen) atoms. The Morgan fingerprint density at radius 2 is 1.96 bits per heavy atom. The molecule has 0 bridgehead atoms. The number of urea groups is 1. The van der Waals surface area contributed by atoms with E-state index in [2.05, 4.69) is 5.32 Å². The number of carboxylic acids is 1. The molecule has 8 nitrogen and oxygen atoms in total. The highest BCUT2D eigenvalue weighted by Gasteiger charge is 2.55. The average Bonchev–Trinajstić information content (AvgIpc) is 3.37. The quantitative estimate of drug-likeness (QED) is 0.838. The number of carbonyl (C=O) groups is 3. The van der Waals surface area contributed by atoms with Gasteiger partial charge in [-0.05, 0) is 43.7 Å². The van der Waals surface area contributed by atoms with Crippen molar-refractivity contribution in [2.75, 3.05) is 26.2 Å². The first kappa shape index (κ1) is 17.9. The fraction of sp³-hybridized carbons (Fsp3) is 0.632. The van der Waals surface area contributed by atoms with Crippen molar-refractivity contribution in [3.8, 4) is 0 Å². The van der Waals surface area contributed by atoms with Crippen LogP contribution in [0.1, 0.15) is 42.7 Å². The van der Waals surface area contributed by atoms with Crippen LogP contribution in [0.2, 0.25) is 0 Å². The van der Waals surface area contributed by atoms with E-state index in [9.17, 15) is 19.5 Å². The van der Waals surface area contributed by atoms with Gasteiger partial charge in [-0.2, -0.15) is 0 Å². The Bertz CT molecular complexity index is 726. The number of nitrogens with one attached hydrogen (secondary N) is 1. The van der Waals surface area contributed by atoms with Crippen molar-refractivity contribution >= 4 is 17.9 Å². The minimum Gasteiger partial charge on any atom is -0.481 e. The Hall–Kier alpha value is -2.51. The zero-order chi connectivity index (χ0) is 19.0. The number of piperidine rings is 1. The summed E-state index contributed by atoms with van der Waals surface area (Å²) in [6.45, 7) is 1.95. The monoisotopic (exact) mass is 375 g/mol. The van der Waals surface area contributed by atoms with E-state index in [1.54, 1.807) is 21.9 Å². The van der Waals surface area contributed by atoms with Gasteiger partial charge in [-0.15, -0.1) is 0 Å². The second kappa shape index (κ2) is 6.90. The first-order valence-electron chi connectivity index (χ1n) is 9.61. The van der Waals surface area contributed by atoms with Crippen molar-refractivity contribution in [3.63, 3.8) is 0 Å². The van der Waals surface area contributed by atoms with E-state index >= 15 is 0 Å². The van der Waals surface area contributed by atoms with Crippen LogP contribution in [0.15, 0.2) is 22.8 Å². The summed E-state index contributed by atoms with van der Waals surface area (Å²) < 4.78 is 5.16. The first-order chi connectivity index (χ1) is 13.0. The highest BCUT2D eigenvalue weighted by Crippen LogP contribution is 2.48. The molecule has 8 heteroatoms. The van der Waals surface area contributed by atoms with Gasteiger partial charge >= 0.3 is 12.0 Å². The SMILES string of the molecule is O=C(NC1CCN(C(=O)c2ccco2)CC1)N1C[C@@H]2CCC[C@@]2(C(=O)O)C1. The zero-order valence-corrected chi connectivity index (χ0v) is 15.2. The number of fused-ring (bicyclic) bond motifs is 1. The molecule has 0 radical (unpaired) electrons. The summed E-state index contributed by atoms with van der Waals surface area (Å²) in [4.78, 5) is 40.1. The summed E-state index contributed by atoms with van der Waals surface area (Å²) in [7, 11) is 0. The average molecular weight is 375 g/mol. The van der Waals surface area contributed by atoms with E-state index in [1.807, 2.05) is 0 Å². The van der Waals surface area contributed by atoms with E-state index in [4.69, 9.17) is 4.42 Å². The predicted molar refractivity (Wildman–Crippen MR) is 95.1 cm³/mol. The molecule has 2 atom stereocenters. The molecule has 1 aliphatic carbocycles. The van der Waals surface area contributed by atoms with Crippen molar-refractivity contribution in [1.82, 2.24) is 15.1 Å². The zero-order valence-electron chi connectivity index (χ0n) is 15.2. The topological polar surface area (TPSA) is 103 Å². The second-order valence-electron chi connectivity index (χ2n) is 7.92. The molecule has 1 saturated carbocycles. The van der Waals surface area contributed by atoms with Crippen molar-refractivity contribution in [1.29, 1.82) is 0 Å². The number of aliphatic carboxylic acids is 1. The Kier molecular flexibility index (Phi) is 4.57. The van der Waals surface area contributed by atoms with Crippen LogP contribution >= 0.6 is 0 Å². The molecule has 0 aromatic carbocycles. The Morgan fingerprint density at radius 3 is 2.59 bits per heavy atom. The van der Waals surface area contributed by atoms with E-state index in [-0.39, 0.29) is 23.9 Å². The number of carboxylic acid groups (broad SMARTS) is 1. The van der Waals surface area contributed by atoms with Crippen LogP contribution in [-0.2, 0) is 4.79 Å². The van der Waals surface area contributed by atoms with Crippen molar-refractivity contribution in [2.45, 2.75) is 38.1 Å². The van der Waals surface area contributed by atoms with E-state index in [1.165, 1.54) is 6.26 Å². The Morgan fingerprint density at radius 1 is 1.19 bits per heavy atom. The van der Waals surface area contributed by atoms with Gasteiger partial charge in [0, 0.05) is 32.2 Å². The van der Waals surface area contributed by atoms with Crippen LogP contribution in [-0.4, -0.2) is 65.0 Å². The highest BCUT2D eigenvalue weighted by molar-refractivity contribution is 5.91. The molecule has 4 rings (SSSR count). The van der Waals surface area contributed by atoms with E-state index in [0.717, 1.165) is 12.8 Å². The highest BCUT2D eigenvalue weighted by atomic mass is 16.4. The third kappa shape index (κ3) is 3.17. The maximum atomic E-state index is 12.6. The van der Waals surface area contributed by atoms with Gasteiger partial charge in [-0.25, -0.2) is 4.79 Å². The fourth-order valence-electron chi connectivity index (χ4n) is 4.84. The normalized spacial score (nSPS) is 28.2. The van der Waals surface area contributed by atoms with Crippen LogP contribution in [0.4, 0.5) is 4.79 Å². The van der Waals surface area contributed by atoms with Crippen LogP contribution < -0.4 is 5.32 Å². The summed E-state index contributed by atoms with van der Waals surface area (Å²) in [5, 5.41) is 12.7. The molecule has 3 heterocycles. The van der Waals surface area contributed by atoms with Crippen molar-refractivity contribution in [2.24, 2.45) is 11.3 Å². The lowest BCUT2D eigenvalue weighted by Gasteiger charge is -2.33. The molecule has 2 N–H and O–H groups in total. The van der Waals surface area contributed by atoms with Crippen LogP contribution in [0.3, 0.4) is 0 Å². The van der Waals surface area contributed by atoms with E-state index in [0.29, 0.717) is 51.2 Å². The molecule has 3 aliphatic rings. The molecule has 0 spiro atoms. The molecule has 146 valence electrons. The van der Waals surface area contributed by atoms with Gasteiger partial charge < -0.3 is 24.6 Å². The van der Waals surface area contributed by atoms with Gasteiger partial charge in [0.2, 0.25) is 0 Å². The van der Waals surface area contributed by atoms with Crippen LogP contribution in [0.25, 0.3) is 0 Å². The third-order valence-corrected chi connectivity index (χ3v) is 6.43. The number of rotatable bonds is 3. The van der Waals surface area contributed by atoms with Gasteiger partial charge in [-0.1, -0.05) is 6.42 Å². The van der Waals surface area contributed by atoms with Gasteiger partial charge in [0.1, 0.15) is 0 Å². The van der Waals surface area contributed by atoms with Gasteiger partial charge in [0.25, 0.3) is 5.91 Å². The van der Waals surface area contributed by atoms with Gasteiger partial charge in [0.15, 0.2) is 5.76 Å². The Balaban J connectivity index is 1.29. The minimum atomic E-state index is -0.773. The number of amides is 3. The number of furan rings is 1. The second-order valence-corrected chi connectivity index (χ2v) is 7.92. The standard InChI is InChI=1S/C19H25N3O5/c23-16(15-4-2-10-27-15)21-8-5-14(6-9-21)20-18(26)22-11-13-3-1-7-19(13,12-22)17(24)25/h2,4,10,13-14H,1,3,5-9,11-12H2,(H,20,26)(H,24,25)/t13-,19+/m0/s1. The maximum Gasteiger partial charge on any atom is 0.317 e. The number of nitrogens with zero attached hydrogens (tertiary/aromatic N) is 2. The number of hydrogen-bond acceptors (Lipinski definition) is 4. The molecule has 0 unspecified atom stereocenters. The lowest BCUT2D eigenvalue weighted by atomic mass is 9.81. The predicted octanol–water partition coefficient (Wildman–Crippen LogP) is 1.78. The summed E-state index contributed by atoms with van der Waals surface area (Å²) in [5.74, 6) is -0.501. The summed E-state index contributed by atoms with van der Waals surface area (Å²) in [6.07, 6.45) is 5.30. The van der Waals surface area contributed by atoms with Crippen LogP contribution in [0.5, 0.6) is 0 Å². The lowest BCUT2D eigenvalue weighted by Crippen LogP contribution is -2.50. The molecular formula is C19H25N3O5. The van der Waals surface area contributed by atoms with Gasteiger partial charge in [0.05, 0.1) is 11.7 Å². The molecule has 3 fully saturated rings. The number of hydrogen-bond donors (Lipinski definition) is 2. The summed E-state index contributed by atoms with van der Waals surface area (Å²) >= 11 is 0.